The molecule has 1 nitrogen and oxygen atoms in total. The van der Waals surface area contributed by atoms with Crippen LogP contribution in [0.5, 0.6) is 0 Å². The zero-order valence-electron chi connectivity index (χ0n) is 12.9. The van der Waals surface area contributed by atoms with Crippen LogP contribution in [0.1, 0.15) is 20.8 Å². The minimum absolute atomic E-state index is 0.327. The molecule has 0 saturated heterocycles. The van der Waals surface area contributed by atoms with Crippen molar-refractivity contribution in [1.82, 2.24) is 0 Å². The molecule has 0 aliphatic carbocycles. The Kier molecular flexibility index (Phi) is 6.69. The van der Waals surface area contributed by atoms with Crippen LogP contribution >= 0.6 is 0 Å². The molecule has 0 bridgehead atoms. The molecule has 0 spiro atoms. The lowest BCUT2D eigenvalue weighted by Gasteiger charge is -2.29. The summed E-state index contributed by atoms with van der Waals surface area (Å²) in [6.45, 7) is 7.05. The number of benzene rings is 2. The van der Waals surface area contributed by atoms with Crippen molar-refractivity contribution in [3.8, 4) is 0 Å². The van der Waals surface area contributed by atoms with Crippen LogP contribution in [-0.4, -0.2) is 15.9 Å². The van der Waals surface area contributed by atoms with Crippen LogP contribution in [0.15, 0.2) is 60.7 Å². The van der Waals surface area contributed by atoms with Gasteiger partial charge in [-0.15, -0.1) is 0 Å². The van der Waals surface area contributed by atoms with Crippen LogP contribution in [0, 0.1) is 7.11 Å². The highest BCUT2D eigenvalue weighted by atomic mass is 28.3. The van der Waals surface area contributed by atoms with E-state index in [1.807, 2.05) is 0 Å². The fourth-order valence-corrected chi connectivity index (χ4v) is 5.36. The summed E-state index contributed by atoms with van der Waals surface area (Å²) in [5, 5.41) is 3.32. The fourth-order valence-electron chi connectivity index (χ4n) is 2.24. The Labute approximate surface area is 125 Å². The first-order valence-corrected chi connectivity index (χ1v) is 8.27. The molecule has 2 heteroatoms. The first-order chi connectivity index (χ1) is 9.50. The number of ether oxygens (including phenoxy) is 1. The smallest absolute Gasteiger partial charge is 0.126 e. The van der Waals surface area contributed by atoms with Crippen molar-refractivity contribution in [2.24, 2.45) is 0 Å². The van der Waals surface area contributed by atoms with Crippen molar-refractivity contribution in [3.05, 3.63) is 67.8 Å². The van der Waals surface area contributed by atoms with E-state index in [1.54, 1.807) is 0 Å². The molecule has 0 aliphatic rings. The molecule has 106 valence electrons. The summed E-state index contributed by atoms with van der Waals surface area (Å²) in [7, 11) is 3.78. The van der Waals surface area contributed by atoms with Crippen LogP contribution in [0.25, 0.3) is 0 Å². The largest absolute Gasteiger partial charge is 0.382 e. The summed E-state index contributed by atoms with van der Waals surface area (Å²) in [5.41, 5.74) is 0. The summed E-state index contributed by atoms with van der Waals surface area (Å²) in [6.07, 6.45) is 0. The van der Waals surface area contributed by atoms with Gasteiger partial charge in [-0.2, -0.15) is 0 Å². The average molecular weight is 284 g/mol. The van der Waals surface area contributed by atoms with Crippen molar-refractivity contribution >= 4 is 19.2 Å². The normalized spacial score (nSPS) is 10.9. The lowest BCUT2D eigenvalue weighted by Crippen LogP contribution is -2.48. The molecule has 0 saturated carbocycles. The monoisotopic (exact) mass is 284 g/mol. The molecule has 0 fully saturated rings. The maximum absolute atomic E-state index is 4.00. The Hall–Kier alpha value is -1.38. The molecule has 0 unspecified atom stereocenters. The zero-order chi connectivity index (χ0) is 15.0. The van der Waals surface area contributed by atoms with E-state index in [4.69, 9.17) is 0 Å². The molecule has 0 heterocycles. The minimum atomic E-state index is -0.715. The van der Waals surface area contributed by atoms with E-state index >= 15 is 0 Å². The van der Waals surface area contributed by atoms with Gasteiger partial charge >= 0.3 is 0 Å². The van der Waals surface area contributed by atoms with Gasteiger partial charge in [0.15, 0.2) is 0 Å². The molecule has 0 amide bonds. The highest BCUT2D eigenvalue weighted by molar-refractivity contribution is 6.87. The van der Waals surface area contributed by atoms with E-state index in [0.717, 1.165) is 0 Å². The summed E-state index contributed by atoms with van der Waals surface area (Å²) < 4.78 is 4.00. The van der Waals surface area contributed by atoms with Crippen LogP contribution < -0.4 is 10.4 Å². The van der Waals surface area contributed by atoms with Gasteiger partial charge in [0.05, 0.1) is 7.11 Å². The Morgan fingerprint density at radius 1 is 0.800 bits per heavy atom. The molecule has 2 aromatic rings. The van der Waals surface area contributed by atoms with Crippen molar-refractivity contribution in [2.75, 3.05) is 7.11 Å². The first kappa shape index (κ1) is 16.7. The van der Waals surface area contributed by atoms with Gasteiger partial charge in [0.1, 0.15) is 8.80 Å². The topological polar surface area (TPSA) is 9.23 Å². The molecule has 0 aromatic heterocycles. The van der Waals surface area contributed by atoms with E-state index in [9.17, 15) is 0 Å². The lowest BCUT2D eigenvalue weighted by molar-refractivity contribution is 0.329. The van der Waals surface area contributed by atoms with Gasteiger partial charge in [0.2, 0.25) is 0 Å². The summed E-state index contributed by atoms with van der Waals surface area (Å²) in [5.74, 6) is 0. The van der Waals surface area contributed by atoms with Gasteiger partial charge in [-0.25, -0.2) is 0 Å². The molecule has 2 aromatic carbocycles. The van der Waals surface area contributed by atoms with Gasteiger partial charge in [-0.1, -0.05) is 91.8 Å². The van der Waals surface area contributed by atoms with E-state index in [2.05, 4.69) is 93.3 Å². The summed E-state index contributed by atoms with van der Waals surface area (Å²) >= 11 is 0. The number of methoxy groups -OCH3 is 1. The standard InChI is InChI=1S/C16H19Si.C2H5O/c1-16(2,3)17(14-10-6-4-7-11-14)15-12-8-5-9-13-15;1-3-2/h4-13H,1-3H3;1H2,2H3. The van der Waals surface area contributed by atoms with Gasteiger partial charge in [-0.05, 0) is 5.04 Å². The van der Waals surface area contributed by atoms with Crippen LogP contribution in [0.3, 0.4) is 0 Å². The lowest BCUT2D eigenvalue weighted by atomic mass is 10.2. The van der Waals surface area contributed by atoms with Crippen LogP contribution in [-0.2, 0) is 4.74 Å². The minimum Gasteiger partial charge on any atom is -0.382 e. The maximum Gasteiger partial charge on any atom is 0.126 e. The van der Waals surface area contributed by atoms with E-state index in [0.29, 0.717) is 5.04 Å². The zero-order valence-corrected chi connectivity index (χ0v) is 13.9. The second kappa shape index (κ2) is 8.03. The van der Waals surface area contributed by atoms with E-state index in [1.165, 1.54) is 17.5 Å². The molecule has 0 aliphatic heterocycles. The Morgan fingerprint density at radius 2 is 1.10 bits per heavy atom. The van der Waals surface area contributed by atoms with Gasteiger partial charge in [0.25, 0.3) is 0 Å². The predicted octanol–water partition coefficient (Wildman–Crippen LogP) is 3.52. The number of rotatable bonds is 2. The van der Waals surface area contributed by atoms with Crippen molar-refractivity contribution in [1.29, 1.82) is 0 Å². The van der Waals surface area contributed by atoms with Gasteiger partial charge < -0.3 is 4.74 Å². The molecule has 2 radical (unpaired) electrons. The second-order valence-corrected chi connectivity index (χ2v) is 9.05. The second-order valence-electron chi connectivity index (χ2n) is 5.65. The SMILES string of the molecule is CC(C)(C)[Si](c1ccccc1)c1ccccc1.[CH2]OC. The van der Waals surface area contributed by atoms with Crippen molar-refractivity contribution < 1.29 is 4.74 Å². The highest BCUT2D eigenvalue weighted by Crippen LogP contribution is 2.26. The third-order valence-electron chi connectivity index (χ3n) is 2.87. The van der Waals surface area contributed by atoms with Gasteiger partial charge in [0, 0.05) is 7.11 Å². The Balaban J connectivity index is 0.000000612. The van der Waals surface area contributed by atoms with E-state index in [-0.39, 0.29) is 0 Å². The van der Waals surface area contributed by atoms with Crippen molar-refractivity contribution in [3.63, 3.8) is 0 Å². The van der Waals surface area contributed by atoms with E-state index < -0.39 is 8.80 Å². The summed E-state index contributed by atoms with van der Waals surface area (Å²) in [6, 6.07) is 21.9. The quantitative estimate of drug-likeness (QED) is 0.767. The maximum atomic E-state index is 4.00. The highest BCUT2D eigenvalue weighted by Gasteiger charge is 2.29. The summed E-state index contributed by atoms with van der Waals surface area (Å²) in [4.78, 5) is 0. The predicted molar refractivity (Wildman–Crippen MR) is 90.0 cm³/mol. The Bertz CT molecular complexity index is 434. The van der Waals surface area contributed by atoms with Gasteiger partial charge in [-0.3, -0.25) is 0 Å². The van der Waals surface area contributed by atoms with Crippen molar-refractivity contribution in [2.45, 2.75) is 25.8 Å². The third-order valence-corrected chi connectivity index (χ3v) is 6.20. The molecular weight excluding hydrogens is 260 g/mol. The molecular formula is C18H24OSi. The molecule has 2 rings (SSSR count). The fraction of sp³-hybridized carbons (Fsp3) is 0.278. The number of hydrogen-bond acceptors (Lipinski definition) is 1. The number of hydrogen-bond donors (Lipinski definition) is 0. The average Bonchev–Trinajstić information content (AvgIpc) is 2.41. The van der Waals surface area contributed by atoms with Crippen LogP contribution in [0.2, 0.25) is 5.04 Å². The third kappa shape index (κ3) is 4.95. The first-order valence-electron chi connectivity index (χ1n) is 6.77. The molecule has 20 heavy (non-hydrogen) atoms. The molecule has 0 N–H and O–H groups in total. The molecule has 0 atom stereocenters. The Morgan fingerprint density at radius 3 is 1.35 bits per heavy atom. The van der Waals surface area contributed by atoms with Crippen LogP contribution in [0.4, 0.5) is 0 Å².